The van der Waals surface area contributed by atoms with Gasteiger partial charge in [-0.1, -0.05) is 24.8 Å². The van der Waals surface area contributed by atoms with Gasteiger partial charge in [0.1, 0.15) is 5.82 Å². The van der Waals surface area contributed by atoms with Gasteiger partial charge in [-0.15, -0.1) is 5.10 Å². The fourth-order valence-corrected chi connectivity index (χ4v) is 3.18. The van der Waals surface area contributed by atoms with Gasteiger partial charge in [0.15, 0.2) is 11.5 Å². The van der Waals surface area contributed by atoms with Crippen molar-refractivity contribution in [3.63, 3.8) is 0 Å². The highest BCUT2D eigenvalue weighted by Crippen LogP contribution is 2.22. The topological polar surface area (TPSA) is 76.2 Å². The molecule has 0 atom stereocenters. The molecule has 3 heterocycles. The van der Waals surface area contributed by atoms with Crippen molar-refractivity contribution < 1.29 is 0 Å². The Labute approximate surface area is 173 Å². The Morgan fingerprint density at radius 1 is 1.21 bits per heavy atom. The standard InChI is InChI=1S/C20H21ClN8/c1-13(2)16-12-23-19-18(24-20(21)26-29(16)19)22-11-14-7-5-6-8-15(14)28-10-9-17(25-28)27(3)4/h5-10,12H,1,11H2,2-4H3,(H,22,24,26). The van der Waals surface area contributed by atoms with Gasteiger partial charge in [0.25, 0.3) is 0 Å². The molecule has 0 unspecified atom stereocenters. The lowest BCUT2D eigenvalue weighted by Gasteiger charge is -2.12. The molecule has 4 aromatic rings. The van der Waals surface area contributed by atoms with Gasteiger partial charge in [0.05, 0.1) is 17.6 Å². The fraction of sp³-hybridized carbons (Fsp3) is 0.200. The van der Waals surface area contributed by atoms with Gasteiger partial charge in [-0.25, -0.2) is 14.2 Å². The lowest BCUT2D eigenvalue weighted by molar-refractivity contribution is 0.849. The van der Waals surface area contributed by atoms with Crippen LogP contribution in [-0.4, -0.2) is 43.5 Å². The number of benzene rings is 1. The summed E-state index contributed by atoms with van der Waals surface area (Å²) in [6.07, 6.45) is 3.66. The third kappa shape index (κ3) is 3.66. The summed E-state index contributed by atoms with van der Waals surface area (Å²) < 4.78 is 3.52. The Bertz CT molecular complexity index is 1190. The minimum atomic E-state index is 0.136. The summed E-state index contributed by atoms with van der Waals surface area (Å²) in [5, 5.41) is 12.3. The van der Waals surface area contributed by atoms with E-state index in [9.17, 15) is 0 Å². The monoisotopic (exact) mass is 408 g/mol. The normalized spacial score (nSPS) is 11.0. The van der Waals surface area contributed by atoms with E-state index in [2.05, 4.69) is 32.1 Å². The van der Waals surface area contributed by atoms with Crippen LogP contribution in [0.15, 0.2) is 49.3 Å². The molecule has 0 fully saturated rings. The van der Waals surface area contributed by atoms with Crippen LogP contribution in [0.3, 0.4) is 0 Å². The maximum Gasteiger partial charge on any atom is 0.243 e. The van der Waals surface area contributed by atoms with E-state index < -0.39 is 0 Å². The maximum atomic E-state index is 6.14. The van der Waals surface area contributed by atoms with Crippen LogP contribution in [0.4, 0.5) is 11.6 Å². The van der Waals surface area contributed by atoms with E-state index in [1.807, 2.05) is 67.1 Å². The largest absolute Gasteiger partial charge is 0.363 e. The van der Waals surface area contributed by atoms with Crippen LogP contribution >= 0.6 is 11.6 Å². The van der Waals surface area contributed by atoms with Crippen LogP contribution in [0.25, 0.3) is 16.9 Å². The molecule has 8 nitrogen and oxygen atoms in total. The van der Waals surface area contributed by atoms with Crippen molar-refractivity contribution in [1.29, 1.82) is 0 Å². The van der Waals surface area contributed by atoms with Crippen molar-refractivity contribution in [1.82, 2.24) is 29.4 Å². The number of hydrogen-bond acceptors (Lipinski definition) is 6. The number of para-hydroxylation sites is 1. The number of halogens is 1. The number of fused-ring (bicyclic) bond motifs is 1. The van der Waals surface area contributed by atoms with Crippen LogP contribution in [-0.2, 0) is 6.54 Å². The molecule has 148 valence electrons. The Kier molecular flexibility index (Phi) is 4.94. The van der Waals surface area contributed by atoms with Gasteiger partial charge < -0.3 is 10.2 Å². The van der Waals surface area contributed by atoms with E-state index in [1.54, 1.807) is 10.7 Å². The third-order valence-corrected chi connectivity index (χ3v) is 4.65. The molecular weight excluding hydrogens is 388 g/mol. The number of allylic oxidation sites excluding steroid dienone is 1. The van der Waals surface area contributed by atoms with E-state index in [0.29, 0.717) is 18.0 Å². The number of imidazole rings is 1. The van der Waals surface area contributed by atoms with Gasteiger partial charge >= 0.3 is 0 Å². The van der Waals surface area contributed by atoms with Gasteiger partial charge in [0, 0.05) is 32.9 Å². The number of nitrogens with one attached hydrogen (secondary N) is 1. The van der Waals surface area contributed by atoms with E-state index in [1.165, 1.54) is 0 Å². The summed E-state index contributed by atoms with van der Waals surface area (Å²) in [6.45, 7) is 6.38. The Hall–Kier alpha value is -3.39. The Morgan fingerprint density at radius 2 is 2.00 bits per heavy atom. The molecule has 9 heteroatoms. The second kappa shape index (κ2) is 7.56. The zero-order chi connectivity index (χ0) is 20.5. The van der Waals surface area contributed by atoms with Gasteiger partial charge in [-0.3, -0.25) is 0 Å². The number of aromatic nitrogens is 6. The van der Waals surface area contributed by atoms with Crippen molar-refractivity contribution in [2.75, 3.05) is 24.3 Å². The molecule has 0 bridgehead atoms. The Morgan fingerprint density at radius 3 is 2.72 bits per heavy atom. The zero-order valence-electron chi connectivity index (χ0n) is 16.5. The predicted octanol–water partition coefficient (Wildman–Crippen LogP) is 3.67. The molecule has 3 aromatic heterocycles. The maximum absolute atomic E-state index is 6.14. The average molecular weight is 409 g/mol. The molecule has 29 heavy (non-hydrogen) atoms. The fourth-order valence-electron chi connectivity index (χ4n) is 3.01. The van der Waals surface area contributed by atoms with Crippen molar-refractivity contribution in [2.45, 2.75) is 13.5 Å². The van der Waals surface area contributed by atoms with Crippen LogP contribution < -0.4 is 10.2 Å². The molecule has 0 amide bonds. The molecule has 1 aromatic carbocycles. The smallest absolute Gasteiger partial charge is 0.243 e. The van der Waals surface area contributed by atoms with Gasteiger partial charge in [0.2, 0.25) is 5.28 Å². The summed E-state index contributed by atoms with van der Waals surface area (Å²) >= 11 is 6.14. The van der Waals surface area contributed by atoms with Crippen LogP contribution in [0.1, 0.15) is 18.2 Å². The molecular formula is C20H21ClN8. The number of nitrogens with zero attached hydrogens (tertiary/aromatic N) is 7. The number of hydrogen-bond donors (Lipinski definition) is 1. The van der Waals surface area contributed by atoms with Crippen molar-refractivity contribution >= 4 is 34.5 Å². The molecule has 0 aliphatic rings. The molecule has 0 saturated carbocycles. The number of rotatable bonds is 6. The summed E-state index contributed by atoms with van der Waals surface area (Å²) in [4.78, 5) is 10.7. The summed E-state index contributed by atoms with van der Waals surface area (Å²) in [7, 11) is 3.93. The lowest BCUT2D eigenvalue weighted by Crippen LogP contribution is -2.11. The first kappa shape index (κ1) is 18.9. The van der Waals surface area contributed by atoms with E-state index in [-0.39, 0.29) is 5.28 Å². The minimum absolute atomic E-state index is 0.136. The van der Waals surface area contributed by atoms with E-state index >= 15 is 0 Å². The van der Waals surface area contributed by atoms with Crippen LogP contribution in [0.2, 0.25) is 5.28 Å². The van der Waals surface area contributed by atoms with E-state index in [0.717, 1.165) is 28.3 Å². The lowest BCUT2D eigenvalue weighted by atomic mass is 10.2. The second-order valence-electron chi connectivity index (χ2n) is 6.88. The van der Waals surface area contributed by atoms with Crippen molar-refractivity contribution in [3.05, 3.63) is 65.8 Å². The highest BCUT2D eigenvalue weighted by Gasteiger charge is 2.14. The molecule has 0 spiro atoms. The highest BCUT2D eigenvalue weighted by atomic mass is 35.5. The molecule has 1 N–H and O–H groups in total. The Balaban J connectivity index is 1.66. The molecule has 0 radical (unpaired) electrons. The first-order chi connectivity index (χ1) is 13.9. The minimum Gasteiger partial charge on any atom is -0.363 e. The van der Waals surface area contributed by atoms with E-state index in [4.69, 9.17) is 11.6 Å². The number of anilines is 2. The third-order valence-electron chi connectivity index (χ3n) is 4.49. The molecule has 0 aliphatic carbocycles. The predicted molar refractivity (Wildman–Crippen MR) is 116 cm³/mol. The SMILES string of the molecule is C=C(C)c1cnc2c(NCc3ccccc3-n3ccc(N(C)C)n3)nc(Cl)nn12. The van der Waals surface area contributed by atoms with Gasteiger partial charge in [-0.05, 0) is 35.7 Å². The first-order valence-corrected chi connectivity index (χ1v) is 9.44. The summed E-state index contributed by atoms with van der Waals surface area (Å²) in [5.41, 5.74) is 4.27. The van der Waals surface area contributed by atoms with Gasteiger partial charge in [-0.2, -0.15) is 10.1 Å². The average Bonchev–Trinajstić information content (AvgIpc) is 3.33. The summed E-state index contributed by atoms with van der Waals surface area (Å²) in [5.74, 6) is 1.45. The quantitative estimate of drug-likeness (QED) is 0.524. The van der Waals surface area contributed by atoms with Crippen LogP contribution in [0.5, 0.6) is 0 Å². The molecule has 0 saturated heterocycles. The molecule has 0 aliphatic heterocycles. The van der Waals surface area contributed by atoms with Crippen molar-refractivity contribution in [2.24, 2.45) is 0 Å². The highest BCUT2D eigenvalue weighted by molar-refractivity contribution is 6.28. The van der Waals surface area contributed by atoms with Crippen LogP contribution in [0, 0.1) is 0 Å². The van der Waals surface area contributed by atoms with Crippen molar-refractivity contribution in [3.8, 4) is 5.69 Å². The first-order valence-electron chi connectivity index (χ1n) is 9.06. The zero-order valence-corrected chi connectivity index (χ0v) is 17.2. The second-order valence-corrected chi connectivity index (χ2v) is 7.22. The molecule has 4 rings (SSSR count). The summed E-state index contributed by atoms with van der Waals surface area (Å²) in [6, 6.07) is 10.0.